The lowest BCUT2D eigenvalue weighted by atomic mass is 9.91. The second-order valence-electron chi connectivity index (χ2n) is 5.14. The van der Waals surface area contributed by atoms with E-state index in [1.165, 1.54) is 0 Å². The Morgan fingerprint density at radius 1 is 0.850 bits per heavy atom. The summed E-state index contributed by atoms with van der Waals surface area (Å²) in [4.78, 5) is 12.9. The highest BCUT2D eigenvalue weighted by atomic mass is 28.2. The molecule has 0 aliphatic carbocycles. The minimum absolute atomic E-state index is 0.0631. The molecule has 0 fully saturated rings. The summed E-state index contributed by atoms with van der Waals surface area (Å²) < 4.78 is 0. The maximum absolute atomic E-state index is 12.9. The van der Waals surface area contributed by atoms with Crippen LogP contribution in [-0.4, -0.2) is 26.3 Å². The number of carbonyl (C=O) groups is 1. The van der Waals surface area contributed by atoms with E-state index in [2.05, 4.69) is 34.3 Å². The molecule has 20 heavy (non-hydrogen) atoms. The van der Waals surface area contributed by atoms with Crippen LogP contribution in [0.3, 0.4) is 0 Å². The number of hydrogen-bond acceptors (Lipinski definition) is 1. The van der Waals surface area contributed by atoms with Crippen LogP contribution in [0.15, 0.2) is 24.3 Å². The molecule has 0 aliphatic rings. The third kappa shape index (κ3) is 2.32. The van der Waals surface area contributed by atoms with Crippen molar-refractivity contribution in [3.8, 4) is 0 Å². The van der Waals surface area contributed by atoms with Gasteiger partial charge in [0.25, 0.3) is 0 Å². The molecule has 0 heterocycles. The lowest BCUT2D eigenvalue weighted by Crippen LogP contribution is -2.36. The summed E-state index contributed by atoms with van der Waals surface area (Å²) in [5, 5.41) is 1.78. The van der Waals surface area contributed by atoms with E-state index < -0.39 is 0 Å². The molecule has 6 radical (unpaired) electrons. The smallest absolute Gasteiger partial charge is 0.193 e. The first-order valence-corrected chi connectivity index (χ1v) is 7.53. The van der Waals surface area contributed by atoms with Crippen molar-refractivity contribution in [2.24, 2.45) is 0 Å². The van der Waals surface area contributed by atoms with E-state index in [1.54, 1.807) is 0 Å². The predicted octanol–water partition coefficient (Wildman–Crippen LogP) is 1.74. The molecule has 3 heteroatoms. The molecule has 0 bridgehead atoms. The Morgan fingerprint density at radius 2 is 1.45 bits per heavy atom. The van der Waals surface area contributed by atoms with Gasteiger partial charge in [-0.2, -0.15) is 0 Å². The van der Waals surface area contributed by atoms with Crippen LogP contribution in [0.2, 0.25) is 0 Å². The molecule has 0 atom stereocenters. The van der Waals surface area contributed by atoms with Crippen molar-refractivity contribution < 1.29 is 4.79 Å². The van der Waals surface area contributed by atoms with Gasteiger partial charge in [-0.25, -0.2) is 0 Å². The van der Waals surface area contributed by atoms with Crippen LogP contribution < -0.4 is 10.4 Å². The summed E-state index contributed by atoms with van der Waals surface area (Å²) in [6, 6.07) is 7.69. The van der Waals surface area contributed by atoms with E-state index in [0.29, 0.717) is 0 Å². The largest absolute Gasteiger partial charge is 0.289 e. The van der Waals surface area contributed by atoms with Crippen molar-refractivity contribution in [1.82, 2.24) is 0 Å². The highest BCUT2D eigenvalue weighted by Crippen LogP contribution is 2.19. The molecule has 98 valence electrons. The third-order valence-electron chi connectivity index (χ3n) is 3.99. The highest BCUT2D eigenvalue weighted by molar-refractivity contribution is 6.52. The first-order chi connectivity index (χ1) is 9.36. The van der Waals surface area contributed by atoms with Gasteiger partial charge in [0, 0.05) is 11.1 Å². The Labute approximate surface area is 127 Å². The zero-order valence-electron chi connectivity index (χ0n) is 12.2. The molecule has 0 aromatic heterocycles. The molecule has 1 nitrogen and oxygen atoms in total. The topological polar surface area (TPSA) is 17.1 Å². The van der Waals surface area contributed by atoms with Gasteiger partial charge in [0.15, 0.2) is 5.78 Å². The minimum atomic E-state index is 0.0631. The lowest BCUT2D eigenvalue weighted by molar-refractivity contribution is 0.103. The Kier molecular flexibility index (Phi) is 4.11. The van der Waals surface area contributed by atoms with Gasteiger partial charge in [-0.05, 0) is 49.9 Å². The molecular weight excluding hydrogens is 276 g/mol. The molecule has 0 unspecified atom stereocenters. The van der Waals surface area contributed by atoms with Crippen molar-refractivity contribution >= 4 is 36.6 Å². The number of aryl methyl sites for hydroxylation is 1. The maximum Gasteiger partial charge on any atom is 0.193 e. The van der Waals surface area contributed by atoms with Crippen molar-refractivity contribution in [2.75, 3.05) is 0 Å². The van der Waals surface area contributed by atoms with Crippen molar-refractivity contribution in [2.45, 2.75) is 27.7 Å². The molecule has 0 N–H and O–H groups in total. The highest BCUT2D eigenvalue weighted by Gasteiger charge is 2.20. The Morgan fingerprint density at radius 3 is 2.05 bits per heavy atom. The molecule has 0 saturated carbocycles. The summed E-state index contributed by atoms with van der Waals surface area (Å²) in [6.07, 6.45) is 0. The number of carbonyl (C=O) groups excluding carboxylic acids is 1. The summed E-state index contributed by atoms with van der Waals surface area (Å²) in [7, 11) is 7.26. The number of benzene rings is 2. The zero-order chi connectivity index (χ0) is 15.0. The molecule has 0 saturated heterocycles. The fourth-order valence-electron chi connectivity index (χ4n) is 2.40. The minimum Gasteiger partial charge on any atom is -0.289 e. The molecule has 0 aliphatic heterocycles. The summed E-state index contributed by atoms with van der Waals surface area (Å²) in [5.41, 5.74) is 5.83. The summed E-state index contributed by atoms with van der Waals surface area (Å²) in [5.74, 6) is 0.0631. The van der Waals surface area contributed by atoms with Gasteiger partial charge in [-0.1, -0.05) is 34.6 Å². The predicted molar refractivity (Wildman–Crippen MR) is 86.0 cm³/mol. The van der Waals surface area contributed by atoms with Crippen molar-refractivity contribution in [3.05, 3.63) is 57.6 Å². The van der Waals surface area contributed by atoms with E-state index in [9.17, 15) is 4.79 Å². The maximum atomic E-state index is 12.9. The number of rotatable bonds is 2. The molecule has 0 spiro atoms. The Hall–Kier alpha value is -1.46. The quantitative estimate of drug-likeness (QED) is 0.609. The van der Waals surface area contributed by atoms with Gasteiger partial charge < -0.3 is 0 Å². The summed E-state index contributed by atoms with van der Waals surface area (Å²) >= 11 is 0. The molecular formula is C17H16OSi2. The van der Waals surface area contributed by atoms with Crippen LogP contribution in [-0.2, 0) is 0 Å². The average molecular weight is 292 g/mol. The van der Waals surface area contributed by atoms with Crippen LogP contribution in [0.4, 0.5) is 0 Å². The van der Waals surface area contributed by atoms with Crippen molar-refractivity contribution in [3.63, 3.8) is 0 Å². The lowest BCUT2D eigenvalue weighted by Gasteiger charge is -2.18. The van der Waals surface area contributed by atoms with E-state index >= 15 is 0 Å². The van der Waals surface area contributed by atoms with Gasteiger partial charge >= 0.3 is 0 Å². The standard InChI is InChI=1S/C17H16OSi2/c1-9-7-5-6-8-13(9)15(18)14-11(3)10(2)12(4)16(19)17(14)20/h5-8H,1-4H3. The van der Waals surface area contributed by atoms with E-state index in [0.717, 1.165) is 43.8 Å². The summed E-state index contributed by atoms with van der Waals surface area (Å²) in [6.45, 7) is 8.07. The second-order valence-corrected chi connectivity index (χ2v) is 6.14. The van der Waals surface area contributed by atoms with E-state index in [1.807, 2.05) is 38.1 Å². The van der Waals surface area contributed by atoms with Gasteiger partial charge in [0.2, 0.25) is 0 Å². The van der Waals surface area contributed by atoms with E-state index in [-0.39, 0.29) is 5.78 Å². The third-order valence-corrected chi connectivity index (χ3v) is 5.37. The van der Waals surface area contributed by atoms with Crippen LogP contribution in [0.25, 0.3) is 0 Å². The van der Waals surface area contributed by atoms with Gasteiger partial charge in [-0.15, -0.1) is 0 Å². The van der Waals surface area contributed by atoms with E-state index in [4.69, 9.17) is 0 Å². The first-order valence-electron chi connectivity index (χ1n) is 6.53. The monoisotopic (exact) mass is 292 g/mol. The fraction of sp³-hybridized carbons (Fsp3) is 0.235. The molecule has 2 aromatic rings. The van der Waals surface area contributed by atoms with Crippen LogP contribution in [0.5, 0.6) is 0 Å². The SMILES string of the molecule is Cc1ccccc1C(=O)c1c(C)c(C)c(C)c([Si])c1[Si]. The van der Waals surface area contributed by atoms with Gasteiger partial charge in [-0.3, -0.25) is 4.79 Å². The molecule has 0 amide bonds. The van der Waals surface area contributed by atoms with Gasteiger partial charge in [0.1, 0.15) is 0 Å². The van der Waals surface area contributed by atoms with Crippen LogP contribution in [0, 0.1) is 27.7 Å². The van der Waals surface area contributed by atoms with Crippen molar-refractivity contribution in [1.29, 1.82) is 0 Å². The first kappa shape index (κ1) is 14.9. The average Bonchev–Trinajstić information content (AvgIpc) is 2.43. The molecule has 2 rings (SSSR count). The van der Waals surface area contributed by atoms with Crippen LogP contribution in [0.1, 0.15) is 38.2 Å². The van der Waals surface area contributed by atoms with Gasteiger partial charge in [0.05, 0.1) is 20.5 Å². The Bertz CT molecular complexity index is 673. The normalized spacial score (nSPS) is 10.7. The fourth-order valence-corrected chi connectivity index (χ4v) is 3.20. The number of ketones is 1. The number of hydrogen-bond donors (Lipinski definition) is 0. The second kappa shape index (κ2) is 5.50. The Balaban J connectivity index is 2.71. The van der Waals surface area contributed by atoms with Crippen LogP contribution >= 0.6 is 0 Å². The molecule has 2 aromatic carbocycles. The zero-order valence-corrected chi connectivity index (χ0v) is 14.2.